The highest BCUT2D eigenvalue weighted by Gasteiger charge is 2.12. The molecule has 4 rings (SSSR count). The summed E-state index contributed by atoms with van der Waals surface area (Å²) in [5, 5.41) is 1.79. The molecule has 156 valence electrons. The first-order valence-corrected chi connectivity index (χ1v) is 9.53. The smallest absolute Gasteiger partial charge is 0.338 e. The van der Waals surface area contributed by atoms with Crippen molar-refractivity contribution in [3.8, 4) is 0 Å². The molecule has 6 heteroatoms. The lowest BCUT2D eigenvalue weighted by Crippen LogP contribution is -2.00. The quantitative estimate of drug-likeness (QED) is 0.447. The highest BCUT2D eigenvalue weighted by atomic mass is 16.5. The normalized spacial score (nSPS) is 10.4. The minimum absolute atomic E-state index is 0. The number of aromatic amines is 2. The first kappa shape index (κ1) is 20.9. The Bertz CT molecular complexity index is 1220. The van der Waals surface area contributed by atoms with Gasteiger partial charge in [-0.2, -0.15) is 0 Å². The van der Waals surface area contributed by atoms with Gasteiger partial charge in [0.15, 0.2) is 0 Å². The fourth-order valence-electron chi connectivity index (χ4n) is 3.27. The fraction of sp³-hybridized carbons (Fsp3) is 0.167. The van der Waals surface area contributed by atoms with E-state index in [4.69, 9.17) is 9.47 Å². The maximum atomic E-state index is 11.5. The molecular weight excluding hydrogens is 380 g/mol. The molecule has 0 atom stereocenters. The molecule has 2 aromatic carbocycles. The number of benzene rings is 2. The molecule has 2 aromatic heterocycles. The molecule has 6 nitrogen and oxygen atoms in total. The fourth-order valence-corrected chi connectivity index (χ4v) is 3.27. The number of methoxy groups -OCH3 is 2. The summed E-state index contributed by atoms with van der Waals surface area (Å²) in [4.78, 5) is 29.3. The van der Waals surface area contributed by atoms with Crippen LogP contribution in [0.15, 0.2) is 55.1 Å². The highest BCUT2D eigenvalue weighted by molar-refractivity contribution is 6.05. The van der Waals surface area contributed by atoms with Crippen LogP contribution in [0.3, 0.4) is 0 Å². The van der Waals surface area contributed by atoms with Crippen molar-refractivity contribution in [3.05, 3.63) is 77.6 Å². The summed E-state index contributed by atoms with van der Waals surface area (Å²) in [7, 11) is 2.77. The zero-order chi connectivity index (χ0) is 21.7. The largest absolute Gasteiger partial charge is 0.465 e. The van der Waals surface area contributed by atoms with Crippen LogP contribution >= 0.6 is 0 Å². The van der Waals surface area contributed by atoms with Gasteiger partial charge in [0.2, 0.25) is 0 Å². The van der Waals surface area contributed by atoms with Crippen LogP contribution in [0.25, 0.3) is 27.9 Å². The summed E-state index contributed by atoms with van der Waals surface area (Å²) in [5.74, 6) is -0.613. The van der Waals surface area contributed by atoms with Crippen LogP contribution < -0.4 is 0 Å². The first-order chi connectivity index (χ1) is 14.5. The van der Waals surface area contributed by atoms with Gasteiger partial charge in [-0.25, -0.2) is 9.59 Å². The third-order valence-electron chi connectivity index (χ3n) is 4.82. The second kappa shape index (κ2) is 9.13. The standard InChI is InChI=1S/C12H13NO2.C12H11NO2.H2/c2*1-3-8-7-10-9(12(14)15-2)5-4-6-11(10)13-8;/h4-7,13H,3H2,1-2H3;3-7,13H,1H2,2H3;1H. The zero-order valence-corrected chi connectivity index (χ0v) is 17.2. The van der Waals surface area contributed by atoms with Gasteiger partial charge in [0.1, 0.15) is 0 Å². The van der Waals surface area contributed by atoms with Crippen molar-refractivity contribution in [1.82, 2.24) is 9.97 Å². The van der Waals surface area contributed by atoms with E-state index in [9.17, 15) is 9.59 Å². The lowest BCUT2D eigenvalue weighted by Gasteiger charge is -1.99. The van der Waals surface area contributed by atoms with E-state index >= 15 is 0 Å². The Labute approximate surface area is 176 Å². The average Bonchev–Trinajstić information content (AvgIpc) is 3.41. The summed E-state index contributed by atoms with van der Waals surface area (Å²) in [6.07, 6.45) is 2.64. The van der Waals surface area contributed by atoms with Gasteiger partial charge in [0.05, 0.1) is 25.3 Å². The molecule has 2 N–H and O–H groups in total. The number of fused-ring (bicyclic) bond motifs is 2. The number of ether oxygens (including phenoxy) is 2. The van der Waals surface area contributed by atoms with Crippen LogP contribution in [0, 0.1) is 0 Å². The van der Waals surface area contributed by atoms with Crippen LogP contribution in [0.4, 0.5) is 0 Å². The van der Waals surface area contributed by atoms with Gasteiger partial charge in [-0.15, -0.1) is 0 Å². The SMILES string of the molecule is C=Cc1cc2c(C(=O)OC)cccc2[nH]1.CCc1cc2c(C(=O)OC)cccc2[nH]1.[HH]. The molecule has 0 fully saturated rings. The Morgan fingerprint density at radius 2 is 1.47 bits per heavy atom. The molecule has 0 saturated heterocycles. The number of nitrogens with one attached hydrogen (secondary N) is 2. The average molecular weight is 406 g/mol. The number of carbonyl (C=O) groups is 2. The molecule has 0 bridgehead atoms. The number of aryl methyl sites for hydroxylation is 1. The molecule has 4 aromatic rings. The summed E-state index contributed by atoms with van der Waals surface area (Å²) in [6.45, 7) is 5.75. The van der Waals surface area contributed by atoms with Gasteiger partial charge < -0.3 is 19.4 Å². The second-order valence-corrected chi connectivity index (χ2v) is 6.59. The van der Waals surface area contributed by atoms with Crippen molar-refractivity contribution >= 4 is 39.8 Å². The summed E-state index contributed by atoms with van der Waals surface area (Å²) < 4.78 is 9.44. The van der Waals surface area contributed by atoms with E-state index in [-0.39, 0.29) is 13.4 Å². The van der Waals surface area contributed by atoms with Crippen molar-refractivity contribution in [3.63, 3.8) is 0 Å². The molecule has 0 radical (unpaired) electrons. The van der Waals surface area contributed by atoms with E-state index < -0.39 is 0 Å². The summed E-state index contributed by atoms with van der Waals surface area (Å²) >= 11 is 0. The number of carbonyl (C=O) groups excluding carboxylic acids is 2. The van der Waals surface area contributed by atoms with Gasteiger partial charge >= 0.3 is 11.9 Å². The van der Waals surface area contributed by atoms with E-state index in [1.165, 1.54) is 14.2 Å². The van der Waals surface area contributed by atoms with Crippen LogP contribution in [0.2, 0.25) is 0 Å². The Morgan fingerprint density at radius 3 is 1.97 bits per heavy atom. The predicted octanol–water partition coefficient (Wildman–Crippen LogP) is 5.36. The van der Waals surface area contributed by atoms with Gasteiger partial charge in [0.25, 0.3) is 0 Å². The summed E-state index contributed by atoms with van der Waals surface area (Å²) in [6, 6.07) is 14.9. The van der Waals surface area contributed by atoms with Gasteiger partial charge in [-0.3, -0.25) is 0 Å². The third kappa shape index (κ3) is 4.12. The van der Waals surface area contributed by atoms with E-state index in [1.807, 2.05) is 36.4 Å². The van der Waals surface area contributed by atoms with Crippen LogP contribution in [-0.4, -0.2) is 36.1 Å². The Balaban J connectivity index is 0.000000213. The van der Waals surface area contributed by atoms with Gasteiger partial charge in [0, 0.05) is 34.6 Å². The van der Waals surface area contributed by atoms with E-state index in [0.717, 1.165) is 39.6 Å². The molecule has 30 heavy (non-hydrogen) atoms. The molecule has 2 heterocycles. The number of hydrogen-bond donors (Lipinski definition) is 2. The Morgan fingerprint density at radius 1 is 0.933 bits per heavy atom. The van der Waals surface area contributed by atoms with Crippen LogP contribution in [0.5, 0.6) is 0 Å². The number of esters is 2. The van der Waals surface area contributed by atoms with Crippen molar-refractivity contribution in [1.29, 1.82) is 0 Å². The van der Waals surface area contributed by atoms with Crippen molar-refractivity contribution in [2.75, 3.05) is 14.2 Å². The highest BCUT2D eigenvalue weighted by Crippen LogP contribution is 2.22. The maximum absolute atomic E-state index is 11.5. The number of H-pyrrole nitrogens is 2. The molecule has 0 unspecified atom stereocenters. The molecule has 0 spiro atoms. The van der Waals surface area contributed by atoms with Gasteiger partial charge in [-0.1, -0.05) is 25.6 Å². The second-order valence-electron chi connectivity index (χ2n) is 6.59. The Kier molecular flexibility index (Phi) is 6.37. The molecule has 0 aliphatic carbocycles. The molecule has 0 amide bonds. The van der Waals surface area contributed by atoms with Crippen molar-refractivity contribution < 1.29 is 20.5 Å². The van der Waals surface area contributed by atoms with Crippen LogP contribution in [0.1, 0.15) is 40.5 Å². The van der Waals surface area contributed by atoms with Crippen molar-refractivity contribution in [2.24, 2.45) is 0 Å². The van der Waals surface area contributed by atoms with E-state index in [1.54, 1.807) is 18.2 Å². The lowest BCUT2D eigenvalue weighted by molar-refractivity contribution is 0.0594. The minimum atomic E-state index is -0.324. The molecule has 0 aliphatic rings. The van der Waals surface area contributed by atoms with E-state index in [0.29, 0.717) is 11.1 Å². The number of hydrogen-bond acceptors (Lipinski definition) is 4. The first-order valence-electron chi connectivity index (χ1n) is 9.53. The predicted molar refractivity (Wildman–Crippen MR) is 121 cm³/mol. The molecular formula is C24H26N2O4. The van der Waals surface area contributed by atoms with E-state index in [2.05, 4.69) is 23.5 Å². The number of rotatable bonds is 4. The molecule has 0 saturated carbocycles. The zero-order valence-electron chi connectivity index (χ0n) is 17.2. The molecule has 0 aliphatic heterocycles. The minimum Gasteiger partial charge on any atom is -0.465 e. The topological polar surface area (TPSA) is 84.2 Å². The monoisotopic (exact) mass is 406 g/mol. The third-order valence-corrected chi connectivity index (χ3v) is 4.82. The summed E-state index contributed by atoms with van der Waals surface area (Å²) in [5.41, 5.74) is 5.09. The van der Waals surface area contributed by atoms with Gasteiger partial charge in [-0.05, 0) is 48.9 Å². The van der Waals surface area contributed by atoms with Crippen LogP contribution in [-0.2, 0) is 15.9 Å². The number of aromatic nitrogens is 2. The Hall–Kier alpha value is -3.80. The lowest BCUT2D eigenvalue weighted by atomic mass is 10.1. The van der Waals surface area contributed by atoms with Crippen molar-refractivity contribution in [2.45, 2.75) is 13.3 Å². The maximum Gasteiger partial charge on any atom is 0.338 e.